The predicted octanol–water partition coefficient (Wildman–Crippen LogP) is 4.42. The first-order valence-corrected chi connectivity index (χ1v) is 11.2. The Morgan fingerprint density at radius 2 is 2.12 bits per heavy atom. The Balaban J connectivity index is 2.01. The molecule has 186 valence electrons. The second-order valence-electron chi connectivity index (χ2n) is 8.44. The van der Waals surface area contributed by atoms with E-state index in [1.165, 1.54) is 12.4 Å². The topological polar surface area (TPSA) is 102 Å². The Labute approximate surface area is 197 Å². The molecule has 1 fully saturated rings. The van der Waals surface area contributed by atoms with Gasteiger partial charge < -0.3 is 24.6 Å². The lowest BCUT2D eigenvalue weighted by Gasteiger charge is -2.26. The smallest absolute Gasteiger partial charge is 0.347 e. The molecule has 2 heterocycles. The molecule has 0 aliphatic carbocycles. The highest BCUT2D eigenvalue weighted by molar-refractivity contribution is 5.83. The molecular weight excluding hydrogens is 448 g/mol. The van der Waals surface area contributed by atoms with Crippen molar-refractivity contribution in [3.63, 3.8) is 0 Å². The normalized spacial score (nSPS) is 18.0. The third kappa shape index (κ3) is 5.99. The number of anilines is 1. The van der Waals surface area contributed by atoms with Gasteiger partial charge in [0.25, 0.3) is 6.43 Å². The maximum atomic E-state index is 14.1. The zero-order chi connectivity index (χ0) is 24.7. The third-order valence-corrected chi connectivity index (χ3v) is 5.48. The number of rotatable bonds is 12. The van der Waals surface area contributed by atoms with Crippen molar-refractivity contribution in [1.82, 2.24) is 10.3 Å². The van der Waals surface area contributed by atoms with Crippen molar-refractivity contribution < 1.29 is 32.9 Å². The molecule has 8 nitrogen and oxygen atoms in total. The Bertz CT molecular complexity index is 981. The summed E-state index contributed by atoms with van der Waals surface area (Å²) < 4.78 is 44.6. The molecule has 10 heteroatoms. The summed E-state index contributed by atoms with van der Waals surface area (Å²) in [6, 6.07) is 5.01. The average Bonchev–Trinajstić information content (AvgIpc) is 3.26. The van der Waals surface area contributed by atoms with Crippen molar-refractivity contribution >= 4 is 11.7 Å². The van der Waals surface area contributed by atoms with E-state index in [4.69, 9.17) is 14.2 Å². The maximum Gasteiger partial charge on any atom is 0.347 e. The Kier molecular flexibility index (Phi) is 8.76. The number of alkyl halides is 2. The van der Waals surface area contributed by atoms with E-state index in [1.807, 2.05) is 0 Å². The zero-order valence-corrected chi connectivity index (χ0v) is 19.6. The minimum absolute atomic E-state index is 0.0287. The standard InChI is InChI=1S/C24H31F2N3O5/c1-4-34-20-11-27-10-19(21(20)22(25)26)18-6-5-17(9-16(18)12-32-8-7-15(2)3)29-24(23(30)31)13-33-14-28-24/h5-6,9-11,15,22,28-29H,4,7-8,12-14H2,1-3H3,(H,30,31). The number of nitrogens with one attached hydrogen (secondary N) is 2. The number of halogens is 2. The SMILES string of the molecule is CCOc1cncc(-c2ccc(NC3(C(=O)O)COCN3)cc2COCCC(C)C)c1C(F)F. The molecule has 1 saturated heterocycles. The predicted molar refractivity (Wildman–Crippen MR) is 123 cm³/mol. The van der Waals surface area contributed by atoms with Crippen molar-refractivity contribution in [3.05, 3.63) is 41.7 Å². The minimum Gasteiger partial charge on any atom is -0.492 e. The van der Waals surface area contributed by atoms with Crippen LogP contribution in [0.5, 0.6) is 5.75 Å². The van der Waals surface area contributed by atoms with Crippen LogP contribution in [0.3, 0.4) is 0 Å². The Morgan fingerprint density at radius 1 is 1.32 bits per heavy atom. The van der Waals surface area contributed by atoms with E-state index in [9.17, 15) is 18.7 Å². The molecule has 1 aromatic heterocycles. The van der Waals surface area contributed by atoms with Gasteiger partial charge in [-0.2, -0.15) is 0 Å². The molecule has 1 aliphatic heterocycles. The highest BCUT2D eigenvalue weighted by Crippen LogP contribution is 2.39. The molecule has 2 aromatic rings. The van der Waals surface area contributed by atoms with Crippen LogP contribution < -0.4 is 15.4 Å². The maximum absolute atomic E-state index is 14.1. The minimum atomic E-state index is -2.78. The number of aliphatic carboxylic acids is 1. The van der Waals surface area contributed by atoms with Crippen LogP contribution in [0.2, 0.25) is 0 Å². The van der Waals surface area contributed by atoms with Gasteiger partial charge in [0, 0.05) is 24.1 Å². The summed E-state index contributed by atoms with van der Waals surface area (Å²) in [5.41, 5.74) is 0.130. The van der Waals surface area contributed by atoms with E-state index in [0.717, 1.165) is 6.42 Å². The first-order valence-electron chi connectivity index (χ1n) is 11.2. The van der Waals surface area contributed by atoms with Crippen molar-refractivity contribution in [2.24, 2.45) is 5.92 Å². The van der Waals surface area contributed by atoms with E-state index in [0.29, 0.717) is 29.3 Å². The molecule has 0 bridgehead atoms. The molecule has 1 aliphatic rings. The fourth-order valence-electron chi connectivity index (χ4n) is 3.66. The fourth-order valence-corrected chi connectivity index (χ4v) is 3.66. The van der Waals surface area contributed by atoms with Crippen LogP contribution in [-0.2, 0) is 20.9 Å². The van der Waals surface area contributed by atoms with Crippen LogP contribution in [-0.4, -0.2) is 48.3 Å². The number of carbonyl (C=O) groups is 1. The number of ether oxygens (including phenoxy) is 3. The molecule has 0 spiro atoms. The van der Waals surface area contributed by atoms with Gasteiger partial charge in [0.2, 0.25) is 5.66 Å². The van der Waals surface area contributed by atoms with Gasteiger partial charge in [-0.15, -0.1) is 0 Å². The summed E-state index contributed by atoms with van der Waals surface area (Å²) in [7, 11) is 0. The largest absolute Gasteiger partial charge is 0.492 e. The molecule has 1 atom stereocenters. The van der Waals surface area contributed by atoms with Crippen molar-refractivity contribution in [3.8, 4) is 16.9 Å². The molecule has 3 rings (SSSR count). The van der Waals surface area contributed by atoms with Crippen molar-refractivity contribution in [1.29, 1.82) is 0 Å². The van der Waals surface area contributed by atoms with E-state index < -0.39 is 18.1 Å². The number of hydrogen-bond acceptors (Lipinski definition) is 7. The van der Waals surface area contributed by atoms with Gasteiger partial charge in [0.1, 0.15) is 5.75 Å². The van der Waals surface area contributed by atoms with Crippen molar-refractivity contribution in [2.45, 2.75) is 45.9 Å². The summed E-state index contributed by atoms with van der Waals surface area (Å²) >= 11 is 0. The number of carboxylic acid groups (broad SMARTS) is 1. The van der Waals surface area contributed by atoms with Gasteiger partial charge in [0.05, 0.1) is 38.3 Å². The zero-order valence-electron chi connectivity index (χ0n) is 19.6. The van der Waals surface area contributed by atoms with Crippen LogP contribution in [0.1, 0.15) is 44.7 Å². The summed E-state index contributed by atoms with van der Waals surface area (Å²) in [6.45, 7) is 6.80. The highest BCUT2D eigenvalue weighted by atomic mass is 19.3. The summed E-state index contributed by atoms with van der Waals surface area (Å²) in [5.74, 6) is -0.632. The number of pyridine rings is 1. The number of hydrogen-bond donors (Lipinski definition) is 3. The first kappa shape index (κ1) is 25.8. The lowest BCUT2D eigenvalue weighted by Crippen LogP contribution is -2.56. The quantitative estimate of drug-likeness (QED) is 0.385. The second kappa shape index (κ2) is 11.5. The molecule has 0 radical (unpaired) electrons. The van der Waals surface area contributed by atoms with Crippen LogP contribution >= 0.6 is 0 Å². The van der Waals surface area contributed by atoms with Crippen molar-refractivity contribution in [2.75, 3.05) is 31.9 Å². The number of aromatic nitrogens is 1. The van der Waals surface area contributed by atoms with Crippen LogP contribution in [0.25, 0.3) is 11.1 Å². The van der Waals surface area contributed by atoms with Gasteiger partial charge in [-0.3, -0.25) is 10.3 Å². The van der Waals surface area contributed by atoms with Gasteiger partial charge in [0.15, 0.2) is 0 Å². The van der Waals surface area contributed by atoms with Crippen LogP contribution in [0, 0.1) is 5.92 Å². The highest BCUT2D eigenvalue weighted by Gasteiger charge is 2.42. The molecule has 34 heavy (non-hydrogen) atoms. The fraction of sp³-hybridized carbons (Fsp3) is 0.500. The lowest BCUT2D eigenvalue weighted by atomic mass is 9.96. The van der Waals surface area contributed by atoms with Gasteiger partial charge in [-0.05, 0) is 42.5 Å². The average molecular weight is 480 g/mol. The number of carboxylic acids is 1. The first-order chi connectivity index (χ1) is 16.3. The van der Waals surface area contributed by atoms with E-state index in [-0.39, 0.29) is 43.4 Å². The molecule has 1 unspecified atom stereocenters. The van der Waals surface area contributed by atoms with Gasteiger partial charge >= 0.3 is 5.97 Å². The lowest BCUT2D eigenvalue weighted by molar-refractivity contribution is -0.143. The number of benzene rings is 1. The number of nitrogens with zero attached hydrogens (tertiary/aromatic N) is 1. The summed E-state index contributed by atoms with van der Waals surface area (Å²) in [4.78, 5) is 16.0. The Morgan fingerprint density at radius 3 is 2.74 bits per heavy atom. The molecule has 0 amide bonds. The molecule has 3 N–H and O–H groups in total. The van der Waals surface area contributed by atoms with Crippen LogP contribution in [0.4, 0.5) is 14.5 Å². The summed E-state index contributed by atoms with van der Waals surface area (Å²) in [6.07, 6.45) is 0.739. The van der Waals surface area contributed by atoms with Crippen LogP contribution in [0.15, 0.2) is 30.6 Å². The summed E-state index contributed by atoms with van der Waals surface area (Å²) in [5, 5.41) is 15.5. The van der Waals surface area contributed by atoms with E-state index >= 15 is 0 Å². The molecular formula is C24H31F2N3O5. The van der Waals surface area contributed by atoms with E-state index in [1.54, 1.807) is 25.1 Å². The van der Waals surface area contributed by atoms with Gasteiger partial charge in [-0.1, -0.05) is 19.9 Å². The monoisotopic (exact) mass is 479 g/mol. The van der Waals surface area contributed by atoms with Gasteiger partial charge in [-0.25, -0.2) is 13.6 Å². The second-order valence-corrected chi connectivity index (χ2v) is 8.44. The molecule has 0 saturated carbocycles. The van der Waals surface area contributed by atoms with E-state index in [2.05, 4.69) is 29.5 Å². The third-order valence-electron chi connectivity index (χ3n) is 5.48. The molecule has 1 aromatic carbocycles. The Hall–Kier alpha value is -2.82.